The summed E-state index contributed by atoms with van der Waals surface area (Å²) in [5, 5.41) is 11.3. The molecule has 326 valence electrons. The van der Waals surface area contributed by atoms with Crippen molar-refractivity contribution < 1.29 is 21.4 Å². The summed E-state index contributed by atoms with van der Waals surface area (Å²) in [6.45, 7) is 7.79. The van der Waals surface area contributed by atoms with Gasteiger partial charge in [-0.1, -0.05) is 73.2 Å². The maximum absolute atomic E-state index is 5.89. The zero-order valence-electron chi connectivity index (χ0n) is 34.2. The molecular weight excluding hydrogens is 765 g/mol. The highest BCUT2D eigenvalue weighted by Crippen LogP contribution is 2.25. The smallest absolute Gasteiger partial charge is 0.145 e. The summed E-state index contributed by atoms with van der Waals surface area (Å²) in [5.41, 5.74) is 10.5. The van der Waals surface area contributed by atoms with Gasteiger partial charge in [0.15, 0.2) is 0 Å². The van der Waals surface area contributed by atoms with E-state index in [1.807, 2.05) is 12.4 Å². The monoisotopic (exact) mass is 833 g/mol. The Morgan fingerprint density at radius 1 is 0.694 bits per heavy atom. The number of nitrogens with two attached hydrogens (primary N) is 1. The number of piperazine rings is 1. The lowest BCUT2D eigenvalue weighted by Gasteiger charge is -2.32. The first-order valence-electron chi connectivity index (χ1n) is 18.6. The minimum absolute atomic E-state index is 0. The second-order valence-corrected chi connectivity index (χ2v) is 11.8. The number of nitrogens with zero attached hydrogens (tertiary/aromatic N) is 7. The molecule has 1 unspecified atom stereocenters. The predicted molar refractivity (Wildman–Crippen MR) is 277 cm³/mol. The molecule has 10 nitrogen and oxygen atoms in total. The van der Waals surface area contributed by atoms with Crippen LogP contribution >= 0.6 is 0 Å². The fraction of sp³-hybridized carbons (Fsp3) is 0.192. The van der Waals surface area contributed by atoms with E-state index in [4.69, 9.17) is 23.4 Å². The van der Waals surface area contributed by atoms with Crippen LogP contribution in [0.2, 0.25) is 0 Å². The number of anilines is 1. The molecule has 0 amide bonds. The molecule has 2 heterocycles. The highest BCUT2D eigenvalue weighted by molar-refractivity contribution is 5.60. The fourth-order valence-corrected chi connectivity index (χ4v) is 4.82. The molecule has 1 aromatic heterocycles. The van der Waals surface area contributed by atoms with Crippen molar-refractivity contribution in [2.24, 2.45) is 21.5 Å². The van der Waals surface area contributed by atoms with Crippen LogP contribution in [-0.2, 0) is 6.54 Å². The Balaban J connectivity index is -0.0000000675. The highest BCUT2D eigenvalue weighted by Gasteiger charge is 2.14. The number of rotatable bonds is 9. The molecule has 0 aliphatic carbocycles. The second kappa shape index (κ2) is 33.6. The Hall–Kier alpha value is -9.48. The maximum atomic E-state index is 5.89. The standard InChI is InChI=1S/C26H33N5.C26H2.H3N5.15H2/c1-3-7-24(22-8-5-4-6-9-22)28-26-19-27-18-25(29-26)23-12-10-21(11-13-23)20-31-16-14-30(2)15-17-31;1-3-5-7-9-11-13-15-17-19-21-23-25-26-24-22-20-18-16-14-12-10-8-6-4-2;1-3-5-4-2;;;;;;;;;;;;;;;/h4-6,8-13,18-19,24H,3,7,14-17,20H2,1-2H3,(H,28,29);1-2H;(H3,1,2,5);15*1H. The SMILES string of the molecule is C#CC#CC#CC#CC#CC#CC#CC#CC#CC#CC#CC#CC#C.CCCC(Nc1cncc(-c2ccc(CN3CCN(C)CC3)cc2)n1)c1ccccc1.N=N/N=N/N.[HH].[HH].[HH].[HH].[HH].[HH].[HH].[HH].[HH].[HH].[HH].[HH].[HH].[HH].[HH]. The number of nitrogens with one attached hydrogen (secondary N) is 2. The van der Waals surface area contributed by atoms with Gasteiger partial charge in [-0.05, 0) is 130 Å². The third-order valence-corrected chi connectivity index (χ3v) is 7.54. The Morgan fingerprint density at radius 3 is 1.56 bits per heavy atom. The molecule has 1 fully saturated rings. The number of benzene rings is 2. The van der Waals surface area contributed by atoms with Crippen molar-refractivity contribution in [2.75, 3.05) is 38.5 Å². The number of hydrogen-bond acceptors (Lipinski definition) is 7. The molecule has 4 rings (SSSR count). The second-order valence-electron chi connectivity index (χ2n) is 11.8. The van der Waals surface area contributed by atoms with E-state index < -0.39 is 0 Å². The summed E-state index contributed by atoms with van der Waals surface area (Å²) < 4.78 is 0. The Labute approximate surface area is 388 Å². The van der Waals surface area contributed by atoms with Crippen LogP contribution in [-0.4, -0.2) is 53.0 Å². The first-order chi connectivity index (χ1) is 30.5. The van der Waals surface area contributed by atoms with Crippen molar-refractivity contribution in [1.29, 1.82) is 5.53 Å². The average molecular weight is 833 g/mol. The Kier molecular flexibility index (Phi) is 26.4. The predicted octanol–water partition coefficient (Wildman–Crippen LogP) is 9.08. The number of likely N-dealkylation sites (N-methyl/N-ethyl adjacent to an activating group) is 1. The number of aromatic nitrogens is 2. The van der Waals surface area contributed by atoms with E-state index in [9.17, 15) is 0 Å². The van der Waals surface area contributed by atoms with Gasteiger partial charge in [-0.25, -0.2) is 4.98 Å². The number of terminal acetylenes is 2. The lowest BCUT2D eigenvalue weighted by Crippen LogP contribution is -2.43. The van der Waals surface area contributed by atoms with Crippen LogP contribution in [0, 0.1) is 160 Å². The van der Waals surface area contributed by atoms with Crippen molar-refractivity contribution in [3.8, 4) is 166 Å². The largest absolute Gasteiger partial charge is 0.362 e. The molecule has 1 atom stereocenters. The van der Waals surface area contributed by atoms with Crippen molar-refractivity contribution in [2.45, 2.75) is 32.4 Å². The molecule has 0 bridgehead atoms. The van der Waals surface area contributed by atoms with E-state index in [-0.39, 0.29) is 27.4 Å². The van der Waals surface area contributed by atoms with E-state index in [0.717, 1.165) is 62.6 Å². The van der Waals surface area contributed by atoms with Gasteiger partial charge in [-0.2, -0.15) is 5.53 Å². The zero-order chi connectivity index (χ0) is 44.6. The molecule has 1 aliphatic rings. The van der Waals surface area contributed by atoms with Gasteiger partial charge in [0.2, 0.25) is 0 Å². The van der Waals surface area contributed by atoms with Gasteiger partial charge in [-0.3, -0.25) is 9.88 Å². The van der Waals surface area contributed by atoms with E-state index in [2.05, 4.69) is 252 Å². The maximum Gasteiger partial charge on any atom is 0.145 e. The van der Waals surface area contributed by atoms with Crippen molar-refractivity contribution in [3.05, 3.63) is 78.1 Å². The molecule has 3 aromatic rings. The molecule has 0 saturated carbocycles. The Bertz CT molecular complexity index is 2740. The first kappa shape index (κ1) is 48.7. The first-order valence-corrected chi connectivity index (χ1v) is 18.6. The molecule has 10 heteroatoms. The highest BCUT2D eigenvalue weighted by atomic mass is 15.5. The molecule has 4 N–H and O–H groups in total. The summed E-state index contributed by atoms with van der Waals surface area (Å²) in [6, 6.07) is 19.6. The van der Waals surface area contributed by atoms with Crippen molar-refractivity contribution >= 4 is 5.82 Å². The normalized spacial score (nSPS) is 10.4. The van der Waals surface area contributed by atoms with E-state index in [1.54, 1.807) is 0 Å². The van der Waals surface area contributed by atoms with Gasteiger partial charge in [0.1, 0.15) is 5.82 Å². The Morgan fingerprint density at radius 2 is 1.16 bits per heavy atom. The lowest BCUT2D eigenvalue weighted by molar-refractivity contribution is 0.148. The van der Waals surface area contributed by atoms with E-state index in [0.29, 0.717) is 0 Å². The molecule has 2 aromatic carbocycles. The third-order valence-electron chi connectivity index (χ3n) is 7.54. The van der Waals surface area contributed by atoms with Gasteiger partial charge in [0.25, 0.3) is 0 Å². The summed E-state index contributed by atoms with van der Waals surface area (Å²) >= 11 is 0. The third kappa shape index (κ3) is 23.6. The molecule has 0 spiro atoms. The van der Waals surface area contributed by atoms with Crippen LogP contribution in [0.15, 0.2) is 82.7 Å². The van der Waals surface area contributed by atoms with Crippen LogP contribution in [0.25, 0.3) is 11.3 Å². The molecule has 0 radical (unpaired) electrons. The van der Waals surface area contributed by atoms with Gasteiger partial charge in [0.05, 0.1) is 24.1 Å². The lowest BCUT2D eigenvalue weighted by atomic mass is 10.0. The minimum atomic E-state index is 0. The van der Waals surface area contributed by atoms with Crippen LogP contribution in [0.3, 0.4) is 0 Å². The van der Waals surface area contributed by atoms with Crippen LogP contribution in [0.1, 0.15) is 58.3 Å². The van der Waals surface area contributed by atoms with E-state index in [1.165, 1.54) is 11.1 Å². The van der Waals surface area contributed by atoms with Gasteiger partial charge in [-0.15, -0.1) is 12.8 Å². The fourth-order valence-electron chi connectivity index (χ4n) is 4.82. The van der Waals surface area contributed by atoms with Gasteiger partial charge in [0, 0.05) is 107 Å². The minimum Gasteiger partial charge on any atom is -0.362 e. The summed E-state index contributed by atoms with van der Waals surface area (Å²) in [7, 11) is 2.19. The van der Waals surface area contributed by atoms with Gasteiger partial charge >= 0.3 is 0 Å². The number of hydrogen-bond donors (Lipinski definition) is 3. The summed E-state index contributed by atoms with van der Waals surface area (Å²) in [5.74, 6) is 63.4. The van der Waals surface area contributed by atoms with Crippen LogP contribution in [0.4, 0.5) is 5.82 Å². The van der Waals surface area contributed by atoms with Crippen LogP contribution < -0.4 is 11.2 Å². The van der Waals surface area contributed by atoms with Crippen LogP contribution in [0.5, 0.6) is 0 Å². The molecule has 1 saturated heterocycles. The van der Waals surface area contributed by atoms with Gasteiger partial charge < -0.3 is 16.1 Å². The van der Waals surface area contributed by atoms with Crippen molar-refractivity contribution in [3.63, 3.8) is 0 Å². The molecular formula is C52H68N10. The van der Waals surface area contributed by atoms with E-state index >= 15 is 0 Å². The zero-order valence-corrected chi connectivity index (χ0v) is 34.2. The average Bonchev–Trinajstić information content (AvgIpc) is 3.30. The summed E-state index contributed by atoms with van der Waals surface area (Å²) in [4.78, 5) is 14.2. The topological polar surface area (TPSA) is 131 Å². The molecule has 62 heavy (non-hydrogen) atoms. The molecule has 1 aliphatic heterocycles. The summed E-state index contributed by atoms with van der Waals surface area (Å²) in [6.07, 6.45) is 15.6. The quantitative estimate of drug-likeness (QED) is 0.0854. The van der Waals surface area contributed by atoms with Crippen molar-refractivity contribution in [1.82, 2.24) is 19.8 Å².